The van der Waals surface area contributed by atoms with E-state index in [1.165, 1.54) is 0 Å². The van der Waals surface area contributed by atoms with Crippen LogP contribution in [0.5, 0.6) is 0 Å². The zero-order chi connectivity index (χ0) is 18.1. The summed E-state index contributed by atoms with van der Waals surface area (Å²) >= 11 is 0. The molecule has 1 N–H and O–H groups in total. The topological polar surface area (TPSA) is 67.8 Å². The third kappa shape index (κ3) is 5.41. The number of nitrogens with one attached hydrogen (secondary N) is 1. The third-order valence-corrected chi connectivity index (χ3v) is 3.99. The van der Waals surface area contributed by atoms with Crippen LogP contribution in [0.4, 0.5) is 0 Å². The van der Waals surface area contributed by atoms with E-state index in [0.717, 1.165) is 25.5 Å². The predicted octanol–water partition coefficient (Wildman–Crippen LogP) is 3.41. The molecule has 0 unspecified atom stereocenters. The number of allylic oxidation sites excluding steroid dienone is 2. The zero-order valence-corrected chi connectivity index (χ0v) is 14.5. The van der Waals surface area contributed by atoms with Crippen molar-refractivity contribution in [2.45, 2.75) is 38.6 Å². The fourth-order valence-corrected chi connectivity index (χ4v) is 2.68. The van der Waals surface area contributed by atoms with Crippen molar-refractivity contribution in [2.75, 3.05) is 6.61 Å². The first-order valence-corrected chi connectivity index (χ1v) is 8.52. The molecule has 0 aromatic heterocycles. The normalized spacial score (nSPS) is 23.2. The van der Waals surface area contributed by atoms with Crippen molar-refractivity contribution in [2.24, 2.45) is 4.99 Å². The van der Waals surface area contributed by atoms with Gasteiger partial charge in [0.25, 0.3) is 5.91 Å². The van der Waals surface area contributed by atoms with Crippen molar-refractivity contribution in [3.63, 3.8) is 0 Å². The van der Waals surface area contributed by atoms with Crippen LogP contribution in [0.1, 0.15) is 48.5 Å². The number of hydrogen-bond donors (Lipinski definition) is 1. The van der Waals surface area contributed by atoms with Gasteiger partial charge in [0.2, 0.25) is 5.88 Å². The van der Waals surface area contributed by atoms with E-state index in [1.807, 2.05) is 19.1 Å². The summed E-state index contributed by atoms with van der Waals surface area (Å²) in [4.78, 5) is 28.4. The third-order valence-electron chi connectivity index (χ3n) is 3.99. The number of benzene rings is 1. The second kappa shape index (κ2) is 9.57. The van der Waals surface area contributed by atoms with Gasteiger partial charge in [0.05, 0.1) is 12.6 Å². The Kier molecular flexibility index (Phi) is 7.14. The molecular formula is C20H24N2O3. The van der Waals surface area contributed by atoms with Gasteiger partial charge in [-0.3, -0.25) is 4.79 Å². The molecule has 1 heterocycles. The molecule has 1 atom stereocenters. The van der Waals surface area contributed by atoms with E-state index in [2.05, 4.69) is 16.9 Å². The molecule has 0 spiro atoms. The smallest absolute Gasteiger partial charge is 0.252 e. The quantitative estimate of drug-likeness (QED) is 0.839. The van der Waals surface area contributed by atoms with E-state index in [4.69, 9.17) is 4.74 Å². The Labute approximate surface area is 148 Å². The van der Waals surface area contributed by atoms with Crippen molar-refractivity contribution in [1.82, 2.24) is 5.32 Å². The summed E-state index contributed by atoms with van der Waals surface area (Å²) in [5, 5.41) is 2.81. The van der Waals surface area contributed by atoms with Crippen LogP contribution in [-0.4, -0.2) is 30.6 Å². The lowest BCUT2D eigenvalue weighted by atomic mass is 10.0. The van der Waals surface area contributed by atoms with Gasteiger partial charge in [-0.25, -0.2) is 4.99 Å². The first-order valence-electron chi connectivity index (χ1n) is 8.52. The fourth-order valence-electron chi connectivity index (χ4n) is 2.68. The van der Waals surface area contributed by atoms with Gasteiger partial charge < -0.3 is 14.8 Å². The van der Waals surface area contributed by atoms with Crippen LogP contribution in [0.15, 0.2) is 53.9 Å². The Balaban J connectivity index is 2.41. The van der Waals surface area contributed by atoms with Crippen LogP contribution in [0.3, 0.4) is 0 Å². The molecule has 0 saturated carbocycles. The molecule has 5 heteroatoms. The highest BCUT2D eigenvalue weighted by Gasteiger charge is 2.17. The Hall–Kier alpha value is -2.69. The largest absolute Gasteiger partial charge is 0.478 e. The Morgan fingerprint density at radius 1 is 1.24 bits per heavy atom. The summed E-state index contributed by atoms with van der Waals surface area (Å²) in [5.74, 6) is 0.208. The van der Waals surface area contributed by atoms with Crippen LogP contribution < -0.4 is 5.32 Å². The molecule has 5 nitrogen and oxygen atoms in total. The summed E-state index contributed by atoms with van der Waals surface area (Å²) in [6.45, 7) is 6.07. The highest BCUT2D eigenvalue weighted by Crippen LogP contribution is 2.15. The molecule has 1 aromatic carbocycles. The van der Waals surface area contributed by atoms with E-state index in [9.17, 15) is 9.59 Å². The second-order valence-electron chi connectivity index (χ2n) is 5.90. The van der Waals surface area contributed by atoms with Crippen LogP contribution in [-0.2, 0) is 9.53 Å². The minimum absolute atomic E-state index is 0.269. The number of nitrogens with zero attached hydrogens (tertiary/aromatic N) is 1. The molecule has 132 valence electrons. The van der Waals surface area contributed by atoms with Crippen LogP contribution >= 0.6 is 0 Å². The van der Waals surface area contributed by atoms with E-state index in [-0.39, 0.29) is 5.91 Å². The molecule has 0 aliphatic carbocycles. The number of aliphatic imine (C=N–C) groups is 1. The second-order valence-corrected chi connectivity index (χ2v) is 5.90. The zero-order valence-electron chi connectivity index (χ0n) is 14.5. The lowest BCUT2D eigenvalue weighted by Crippen LogP contribution is -2.36. The molecule has 0 radical (unpaired) electrons. The average molecular weight is 340 g/mol. The van der Waals surface area contributed by atoms with Gasteiger partial charge in [0.1, 0.15) is 6.29 Å². The van der Waals surface area contributed by atoms with E-state index >= 15 is 0 Å². The molecule has 0 bridgehead atoms. The predicted molar refractivity (Wildman–Crippen MR) is 98.7 cm³/mol. The standard InChI is InChI=1S/C20H24N2O3/c1-3-9-19-21-15(2)17-11-6-7-12-18(17)20(24)22-16(14-23)10-5-4-8-13-25-19/h3,6-7,9,11-12,14,16H,1,4-5,8,10,13H2,2H3,(H,22,24)/b19-9+,21-15+/t16-/m0/s1. The number of amides is 1. The van der Waals surface area contributed by atoms with Crippen molar-refractivity contribution in [1.29, 1.82) is 0 Å². The van der Waals surface area contributed by atoms with Crippen molar-refractivity contribution in [3.8, 4) is 0 Å². The summed E-state index contributed by atoms with van der Waals surface area (Å²) < 4.78 is 5.73. The summed E-state index contributed by atoms with van der Waals surface area (Å²) in [6.07, 6.45) is 7.38. The lowest BCUT2D eigenvalue weighted by Gasteiger charge is -2.16. The van der Waals surface area contributed by atoms with Gasteiger partial charge in [0, 0.05) is 16.8 Å². The van der Waals surface area contributed by atoms with E-state index in [0.29, 0.717) is 35.7 Å². The SMILES string of the molecule is C=C/C=C1\N=C(/C)c2ccccc2C(=O)N[C@H](C=O)CCCCCO1. The Morgan fingerprint density at radius 3 is 2.72 bits per heavy atom. The van der Waals surface area contributed by atoms with Crippen LogP contribution in [0, 0.1) is 0 Å². The van der Waals surface area contributed by atoms with Crippen molar-refractivity contribution >= 4 is 17.9 Å². The van der Waals surface area contributed by atoms with Gasteiger partial charge in [-0.15, -0.1) is 0 Å². The fraction of sp³-hybridized carbons (Fsp3) is 0.350. The Bertz CT molecular complexity index is 692. The van der Waals surface area contributed by atoms with Gasteiger partial charge >= 0.3 is 0 Å². The maximum absolute atomic E-state index is 12.6. The molecule has 1 aliphatic rings. The van der Waals surface area contributed by atoms with Gasteiger partial charge in [-0.05, 0) is 38.3 Å². The molecular weight excluding hydrogens is 316 g/mol. The summed E-state index contributed by atoms with van der Waals surface area (Å²) in [5.41, 5.74) is 1.87. The number of carbonyl (C=O) groups excluding carboxylic acids is 2. The number of hydrogen-bond acceptors (Lipinski definition) is 4. The molecule has 0 saturated heterocycles. The molecule has 0 fully saturated rings. The van der Waals surface area contributed by atoms with E-state index in [1.54, 1.807) is 24.3 Å². The number of carbonyl (C=O) groups is 2. The van der Waals surface area contributed by atoms with Gasteiger partial charge in [0.15, 0.2) is 0 Å². The van der Waals surface area contributed by atoms with Crippen LogP contribution in [0.2, 0.25) is 0 Å². The van der Waals surface area contributed by atoms with Gasteiger partial charge in [-0.2, -0.15) is 0 Å². The summed E-state index contributed by atoms with van der Waals surface area (Å²) in [6, 6.07) is 6.74. The first-order chi connectivity index (χ1) is 12.2. The Morgan fingerprint density at radius 2 is 2.00 bits per heavy atom. The number of aldehydes is 1. The molecule has 25 heavy (non-hydrogen) atoms. The summed E-state index contributed by atoms with van der Waals surface area (Å²) in [7, 11) is 0. The molecule has 1 aliphatic heterocycles. The highest BCUT2D eigenvalue weighted by molar-refractivity contribution is 6.10. The number of ether oxygens (including phenoxy) is 1. The van der Waals surface area contributed by atoms with Gasteiger partial charge in [-0.1, -0.05) is 37.3 Å². The highest BCUT2D eigenvalue weighted by atomic mass is 16.5. The maximum atomic E-state index is 12.6. The van der Waals surface area contributed by atoms with Crippen molar-refractivity contribution < 1.29 is 14.3 Å². The van der Waals surface area contributed by atoms with Crippen molar-refractivity contribution in [3.05, 3.63) is 60.0 Å². The monoisotopic (exact) mass is 340 g/mol. The first kappa shape index (κ1) is 18.6. The van der Waals surface area contributed by atoms with E-state index < -0.39 is 6.04 Å². The molecule has 1 amide bonds. The number of fused-ring (bicyclic) bond motifs is 1. The average Bonchev–Trinajstić information content (AvgIpc) is 2.62. The van der Waals surface area contributed by atoms with Crippen LogP contribution in [0.25, 0.3) is 0 Å². The lowest BCUT2D eigenvalue weighted by molar-refractivity contribution is -0.109. The number of rotatable bonds is 2. The minimum Gasteiger partial charge on any atom is -0.478 e. The maximum Gasteiger partial charge on any atom is 0.252 e. The minimum atomic E-state index is -0.474. The molecule has 1 aromatic rings. The molecule has 2 rings (SSSR count).